The van der Waals surface area contributed by atoms with Gasteiger partial charge in [0.05, 0.1) is 11.1 Å². The standard InChI is InChI=1S/C14H16F3NO/c1-9(2)12(19)18-13(7-8-13)10-5-3-4-6-11(10)14(15,16)17/h3-6,9H,7-8H2,1-2H3,(H,18,19). The topological polar surface area (TPSA) is 29.1 Å². The third-order valence-corrected chi connectivity index (χ3v) is 3.38. The lowest BCUT2D eigenvalue weighted by Gasteiger charge is -2.23. The number of nitrogens with one attached hydrogen (secondary N) is 1. The van der Waals surface area contributed by atoms with Gasteiger partial charge >= 0.3 is 6.18 Å². The molecule has 1 fully saturated rings. The number of hydrogen-bond acceptors (Lipinski definition) is 1. The number of carbonyl (C=O) groups excluding carboxylic acids is 1. The van der Waals surface area contributed by atoms with Crippen molar-refractivity contribution in [3.63, 3.8) is 0 Å². The minimum absolute atomic E-state index is 0.177. The molecule has 1 aliphatic carbocycles. The van der Waals surface area contributed by atoms with E-state index in [-0.39, 0.29) is 17.4 Å². The fourth-order valence-electron chi connectivity index (χ4n) is 2.11. The van der Waals surface area contributed by atoms with Crippen molar-refractivity contribution in [2.45, 2.75) is 38.4 Å². The van der Waals surface area contributed by atoms with Gasteiger partial charge < -0.3 is 5.32 Å². The first kappa shape index (κ1) is 13.9. The molecule has 0 saturated heterocycles. The zero-order valence-electron chi connectivity index (χ0n) is 10.8. The van der Waals surface area contributed by atoms with E-state index >= 15 is 0 Å². The summed E-state index contributed by atoms with van der Waals surface area (Å²) in [5.41, 5.74) is -1.30. The Hall–Kier alpha value is -1.52. The number of halogens is 3. The van der Waals surface area contributed by atoms with E-state index in [1.54, 1.807) is 19.9 Å². The Morgan fingerprint density at radius 3 is 2.32 bits per heavy atom. The largest absolute Gasteiger partial charge is 0.416 e. The van der Waals surface area contributed by atoms with Gasteiger partial charge in [-0.15, -0.1) is 0 Å². The molecule has 104 valence electrons. The summed E-state index contributed by atoms with van der Waals surface area (Å²) >= 11 is 0. The Labute approximate surface area is 110 Å². The summed E-state index contributed by atoms with van der Waals surface area (Å²) in [5.74, 6) is -0.454. The van der Waals surface area contributed by atoms with Crippen molar-refractivity contribution in [3.8, 4) is 0 Å². The van der Waals surface area contributed by atoms with Crippen LogP contribution >= 0.6 is 0 Å². The Morgan fingerprint density at radius 2 is 1.84 bits per heavy atom. The maximum atomic E-state index is 13.0. The van der Waals surface area contributed by atoms with E-state index in [4.69, 9.17) is 0 Å². The van der Waals surface area contributed by atoms with Gasteiger partial charge in [0, 0.05) is 5.92 Å². The number of rotatable bonds is 3. The van der Waals surface area contributed by atoms with Crippen molar-refractivity contribution in [1.82, 2.24) is 5.32 Å². The van der Waals surface area contributed by atoms with Crippen LogP contribution in [-0.2, 0) is 16.5 Å². The summed E-state index contributed by atoms with van der Waals surface area (Å²) in [4.78, 5) is 11.7. The van der Waals surface area contributed by atoms with Crippen LogP contribution in [0.4, 0.5) is 13.2 Å². The highest BCUT2D eigenvalue weighted by Crippen LogP contribution is 2.49. The third kappa shape index (κ3) is 2.74. The molecule has 1 saturated carbocycles. The Morgan fingerprint density at radius 1 is 1.26 bits per heavy atom. The van der Waals surface area contributed by atoms with Crippen LogP contribution in [-0.4, -0.2) is 5.91 Å². The number of alkyl halides is 3. The van der Waals surface area contributed by atoms with Gasteiger partial charge in [0.15, 0.2) is 0 Å². The zero-order chi connectivity index (χ0) is 14.3. The molecule has 0 radical (unpaired) electrons. The van der Waals surface area contributed by atoms with Crippen LogP contribution < -0.4 is 5.32 Å². The maximum Gasteiger partial charge on any atom is 0.416 e. The molecule has 2 nitrogen and oxygen atoms in total. The van der Waals surface area contributed by atoms with Gasteiger partial charge in [-0.05, 0) is 24.5 Å². The normalized spacial score (nSPS) is 17.4. The summed E-state index contributed by atoms with van der Waals surface area (Å²) in [6.07, 6.45) is -3.29. The van der Waals surface area contributed by atoms with Crippen LogP contribution in [0.25, 0.3) is 0 Å². The summed E-state index contributed by atoms with van der Waals surface area (Å²) in [5, 5.41) is 2.76. The van der Waals surface area contributed by atoms with Crippen molar-refractivity contribution in [1.29, 1.82) is 0 Å². The van der Waals surface area contributed by atoms with Crippen LogP contribution in [0.15, 0.2) is 24.3 Å². The number of amides is 1. The van der Waals surface area contributed by atoms with E-state index in [0.29, 0.717) is 12.8 Å². The molecule has 1 aromatic rings. The van der Waals surface area contributed by atoms with Crippen LogP contribution in [0.5, 0.6) is 0 Å². The van der Waals surface area contributed by atoms with E-state index in [1.807, 2.05) is 0 Å². The second-order valence-electron chi connectivity index (χ2n) is 5.27. The molecule has 1 N–H and O–H groups in total. The van der Waals surface area contributed by atoms with Crippen LogP contribution in [0.1, 0.15) is 37.8 Å². The fourth-order valence-corrected chi connectivity index (χ4v) is 2.11. The van der Waals surface area contributed by atoms with Gasteiger partial charge in [0.25, 0.3) is 0 Å². The summed E-state index contributed by atoms with van der Waals surface area (Å²) in [6.45, 7) is 3.45. The number of carbonyl (C=O) groups is 1. The van der Waals surface area contributed by atoms with E-state index in [9.17, 15) is 18.0 Å². The third-order valence-electron chi connectivity index (χ3n) is 3.38. The van der Waals surface area contributed by atoms with Crippen LogP contribution in [0.3, 0.4) is 0 Å². The minimum atomic E-state index is -4.39. The van der Waals surface area contributed by atoms with Crippen molar-refractivity contribution in [2.75, 3.05) is 0 Å². The quantitative estimate of drug-likeness (QED) is 0.896. The molecule has 0 atom stereocenters. The van der Waals surface area contributed by atoms with Crippen molar-refractivity contribution < 1.29 is 18.0 Å². The summed E-state index contributed by atoms with van der Waals surface area (Å²) in [6, 6.07) is 5.46. The van der Waals surface area contributed by atoms with E-state index in [2.05, 4.69) is 5.32 Å². The van der Waals surface area contributed by atoms with Gasteiger partial charge in [-0.3, -0.25) is 4.79 Å². The molecule has 2 rings (SSSR count). The molecule has 1 aromatic carbocycles. The molecule has 1 amide bonds. The highest BCUT2D eigenvalue weighted by Gasteiger charge is 2.50. The fraction of sp³-hybridized carbons (Fsp3) is 0.500. The van der Waals surface area contributed by atoms with Gasteiger partial charge in [-0.25, -0.2) is 0 Å². The van der Waals surface area contributed by atoms with E-state index < -0.39 is 17.3 Å². The first-order chi connectivity index (χ1) is 8.76. The molecule has 5 heteroatoms. The van der Waals surface area contributed by atoms with Gasteiger partial charge in [0.1, 0.15) is 0 Å². The molecule has 0 unspecified atom stereocenters. The van der Waals surface area contributed by atoms with Crippen molar-refractivity contribution >= 4 is 5.91 Å². The van der Waals surface area contributed by atoms with Crippen LogP contribution in [0, 0.1) is 5.92 Å². The van der Waals surface area contributed by atoms with Crippen LogP contribution in [0.2, 0.25) is 0 Å². The number of benzene rings is 1. The monoisotopic (exact) mass is 271 g/mol. The first-order valence-electron chi connectivity index (χ1n) is 6.25. The molecular weight excluding hydrogens is 255 g/mol. The highest BCUT2D eigenvalue weighted by atomic mass is 19.4. The summed E-state index contributed by atoms with van der Waals surface area (Å²) < 4.78 is 39.0. The second-order valence-corrected chi connectivity index (χ2v) is 5.27. The molecule has 0 bridgehead atoms. The predicted molar refractivity (Wildman–Crippen MR) is 65.3 cm³/mol. The average Bonchev–Trinajstić information content (AvgIpc) is 3.09. The number of hydrogen-bond donors (Lipinski definition) is 1. The Kier molecular flexibility index (Phi) is 3.32. The smallest absolute Gasteiger partial charge is 0.346 e. The lowest BCUT2D eigenvalue weighted by Crippen LogP contribution is -2.38. The molecule has 1 aliphatic rings. The van der Waals surface area contributed by atoms with Gasteiger partial charge in [-0.1, -0.05) is 32.0 Å². The zero-order valence-corrected chi connectivity index (χ0v) is 10.8. The SMILES string of the molecule is CC(C)C(=O)NC1(c2ccccc2C(F)(F)F)CC1. The predicted octanol–water partition coefficient (Wildman–Crippen LogP) is 3.47. The minimum Gasteiger partial charge on any atom is -0.346 e. The Bertz CT molecular complexity index is 490. The lowest BCUT2D eigenvalue weighted by molar-refractivity contribution is -0.139. The average molecular weight is 271 g/mol. The molecule has 0 aliphatic heterocycles. The lowest BCUT2D eigenvalue weighted by atomic mass is 9.97. The van der Waals surface area contributed by atoms with Crippen molar-refractivity contribution in [2.24, 2.45) is 5.92 Å². The van der Waals surface area contributed by atoms with Crippen molar-refractivity contribution in [3.05, 3.63) is 35.4 Å². The highest BCUT2D eigenvalue weighted by molar-refractivity contribution is 5.79. The molecule has 0 aromatic heterocycles. The van der Waals surface area contributed by atoms with E-state index in [1.165, 1.54) is 12.1 Å². The van der Waals surface area contributed by atoms with Gasteiger partial charge in [0.2, 0.25) is 5.91 Å². The summed E-state index contributed by atoms with van der Waals surface area (Å²) in [7, 11) is 0. The first-order valence-corrected chi connectivity index (χ1v) is 6.25. The molecule has 19 heavy (non-hydrogen) atoms. The molecule has 0 spiro atoms. The van der Waals surface area contributed by atoms with Gasteiger partial charge in [-0.2, -0.15) is 13.2 Å². The van der Waals surface area contributed by atoms with E-state index in [0.717, 1.165) is 6.07 Å². The Balaban J connectivity index is 2.35. The second kappa shape index (κ2) is 4.54. The molecule has 0 heterocycles. The molecular formula is C14H16F3NO. The maximum absolute atomic E-state index is 13.0.